The van der Waals surface area contributed by atoms with Crippen LogP contribution in [0.5, 0.6) is 0 Å². The summed E-state index contributed by atoms with van der Waals surface area (Å²) in [6, 6.07) is 0.0581. The molecule has 7 heteroatoms. The molecular formula is C19H30N4O3. The Morgan fingerprint density at radius 3 is 3.00 bits per heavy atom. The predicted octanol–water partition coefficient (Wildman–Crippen LogP) is 1.11. The number of aromatic nitrogens is 2. The molecular weight excluding hydrogens is 332 g/mol. The van der Waals surface area contributed by atoms with Crippen LogP contribution in [-0.2, 0) is 20.8 Å². The van der Waals surface area contributed by atoms with Crippen LogP contribution in [-0.4, -0.2) is 60.0 Å². The molecule has 26 heavy (non-hydrogen) atoms. The molecule has 0 radical (unpaired) electrons. The summed E-state index contributed by atoms with van der Waals surface area (Å²) in [6.07, 6.45) is 6.91. The summed E-state index contributed by atoms with van der Waals surface area (Å²) in [5.74, 6) is 1.16. The summed E-state index contributed by atoms with van der Waals surface area (Å²) in [4.78, 5) is 17.3. The molecule has 3 atom stereocenters. The number of piperidine rings is 1. The van der Waals surface area contributed by atoms with Crippen LogP contribution >= 0.6 is 0 Å². The number of fused-ring (bicyclic) bond motifs is 1. The van der Waals surface area contributed by atoms with Crippen LogP contribution in [0.1, 0.15) is 49.5 Å². The fourth-order valence-electron chi connectivity index (χ4n) is 4.33. The molecule has 2 fully saturated rings. The fraction of sp³-hybridized carbons (Fsp3) is 0.789. The molecule has 4 heterocycles. The smallest absolute Gasteiger partial charge is 0.249 e. The van der Waals surface area contributed by atoms with Gasteiger partial charge in [-0.2, -0.15) is 0 Å². The van der Waals surface area contributed by atoms with Gasteiger partial charge in [-0.15, -0.1) is 0 Å². The Labute approximate surface area is 154 Å². The predicted molar refractivity (Wildman–Crippen MR) is 97.1 cm³/mol. The van der Waals surface area contributed by atoms with E-state index in [1.165, 1.54) is 0 Å². The lowest BCUT2D eigenvalue weighted by atomic mass is 9.93. The maximum absolute atomic E-state index is 12.6. The highest BCUT2D eigenvalue weighted by Gasteiger charge is 2.35. The average Bonchev–Trinajstić information content (AvgIpc) is 3.30. The molecule has 0 aliphatic carbocycles. The van der Waals surface area contributed by atoms with Crippen molar-refractivity contribution >= 4 is 5.91 Å². The van der Waals surface area contributed by atoms with E-state index in [1.807, 2.05) is 6.92 Å². The van der Waals surface area contributed by atoms with Gasteiger partial charge in [0.05, 0.1) is 24.3 Å². The summed E-state index contributed by atoms with van der Waals surface area (Å²) in [6.45, 7) is 6.24. The summed E-state index contributed by atoms with van der Waals surface area (Å²) >= 11 is 0. The van der Waals surface area contributed by atoms with Gasteiger partial charge in [0.25, 0.3) is 0 Å². The first kappa shape index (κ1) is 17.9. The number of carbonyl (C=O) groups excluding carboxylic acids is 1. The van der Waals surface area contributed by atoms with Crippen molar-refractivity contribution in [3.05, 3.63) is 17.7 Å². The van der Waals surface area contributed by atoms with Gasteiger partial charge in [0.2, 0.25) is 5.91 Å². The van der Waals surface area contributed by atoms with Crippen molar-refractivity contribution in [2.75, 3.05) is 26.3 Å². The lowest BCUT2D eigenvalue weighted by molar-refractivity contribution is -0.131. The van der Waals surface area contributed by atoms with Crippen LogP contribution in [0.4, 0.5) is 0 Å². The van der Waals surface area contributed by atoms with Crippen molar-refractivity contribution in [3.8, 4) is 0 Å². The molecule has 2 saturated heterocycles. The summed E-state index contributed by atoms with van der Waals surface area (Å²) in [7, 11) is 0. The van der Waals surface area contributed by atoms with E-state index >= 15 is 0 Å². The molecule has 7 nitrogen and oxygen atoms in total. The highest BCUT2D eigenvalue weighted by atomic mass is 16.5. The third-order valence-corrected chi connectivity index (χ3v) is 5.77. The molecule has 2 unspecified atom stereocenters. The molecule has 0 saturated carbocycles. The van der Waals surface area contributed by atoms with E-state index in [0.717, 1.165) is 63.3 Å². The maximum atomic E-state index is 12.6. The second-order valence-electron chi connectivity index (χ2n) is 7.73. The van der Waals surface area contributed by atoms with Gasteiger partial charge >= 0.3 is 0 Å². The lowest BCUT2D eigenvalue weighted by Gasteiger charge is -2.34. The Morgan fingerprint density at radius 1 is 1.38 bits per heavy atom. The van der Waals surface area contributed by atoms with Crippen molar-refractivity contribution in [2.24, 2.45) is 0 Å². The first-order chi connectivity index (χ1) is 12.7. The second kappa shape index (κ2) is 8.06. The highest BCUT2D eigenvalue weighted by molar-refractivity contribution is 5.81. The summed E-state index contributed by atoms with van der Waals surface area (Å²) in [5.41, 5.74) is 1.03. The van der Waals surface area contributed by atoms with Gasteiger partial charge in [0, 0.05) is 25.4 Å². The third-order valence-electron chi connectivity index (χ3n) is 5.77. The molecule has 1 aromatic heterocycles. The minimum Gasteiger partial charge on any atom is -0.377 e. The Kier molecular flexibility index (Phi) is 5.57. The standard InChI is InChI=1S/C19H30N4O3/c1-13-11-23-9-6-16(22-19(24)17-3-2-10-25-17)15(18(23)21-13)12-26-14-4-7-20-8-5-14/h11,14-17,20H,2-10,12H2,1H3,(H,22,24)/t15?,16?,17-/m0/s1. The van der Waals surface area contributed by atoms with Gasteiger partial charge < -0.3 is 24.7 Å². The number of carbonyl (C=O) groups is 1. The first-order valence-corrected chi connectivity index (χ1v) is 9.98. The Hall–Kier alpha value is -1.44. The van der Waals surface area contributed by atoms with Crippen LogP contribution in [0.25, 0.3) is 0 Å². The van der Waals surface area contributed by atoms with Crippen molar-refractivity contribution < 1.29 is 14.3 Å². The number of ether oxygens (including phenoxy) is 2. The van der Waals surface area contributed by atoms with Gasteiger partial charge in [0.1, 0.15) is 11.9 Å². The highest BCUT2D eigenvalue weighted by Crippen LogP contribution is 2.29. The van der Waals surface area contributed by atoms with Gasteiger partial charge in [-0.3, -0.25) is 4.79 Å². The van der Waals surface area contributed by atoms with Crippen LogP contribution in [0, 0.1) is 6.92 Å². The quantitative estimate of drug-likeness (QED) is 0.821. The van der Waals surface area contributed by atoms with Gasteiger partial charge in [-0.1, -0.05) is 0 Å². The number of hydrogen-bond acceptors (Lipinski definition) is 5. The zero-order valence-corrected chi connectivity index (χ0v) is 15.6. The molecule has 0 spiro atoms. The summed E-state index contributed by atoms with van der Waals surface area (Å²) in [5, 5.41) is 6.61. The Morgan fingerprint density at radius 2 is 2.23 bits per heavy atom. The van der Waals surface area contributed by atoms with Crippen molar-refractivity contribution in [1.82, 2.24) is 20.2 Å². The van der Waals surface area contributed by atoms with E-state index in [-0.39, 0.29) is 24.0 Å². The Bertz CT molecular complexity index is 620. The van der Waals surface area contributed by atoms with Crippen molar-refractivity contribution in [2.45, 2.75) is 69.7 Å². The number of imidazole rings is 1. The van der Waals surface area contributed by atoms with E-state index in [0.29, 0.717) is 19.3 Å². The van der Waals surface area contributed by atoms with Crippen LogP contribution < -0.4 is 10.6 Å². The van der Waals surface area contributed by atoms with E-state index in [2.05, 4.69) is 21.4 Å². The topological polar surface area (TPSA) is 77.4 Å². The largest absolute Gasteiger partial charge is 0.377 e. The minimum absolute atomic E-state index is 0.0242. The minimum atomic E-state index is -0.288. The molecule has 4 rings (SSSR count). The number of aryl methyl sites for hydroxylation is 2. The molecule has 0 aromatic carbocycles. The van der Waals surface area contributed by atoms with Crippen LogP contribution in [0.15, 0.2) is 6.20 Å². The van der Waals surface area contributed by atoms with Crippen molar-refractivity contribution in [1.29, 1.82) is 0 Å². The first-order valence-electron chi connectivity index (χ1n) is 9.98. The zero-order chi connectivity index (χ0) is 17.9. The number of amides is 1. The van der Waals surface area contributed by atoms with E-state index < -0.39 is 0 Å². The number of rotatable bonds is 5. The molecule has 3 aliphatic rings. The number of nitrogens with zero attached hydrogens (tertiary/aromatic N) is 2. The molecule has 144 valence electrons. The van der Waals surface area contributed by atoms with Gasteiger partial charge in [0.15, 0.2) is 0 Å². The second-order valence-corrected chi connectivity index (χ2v) is 7.73. The zero-order valence-electron chi connectivity index (χ0n) is 15.6. The van der Waals surface area contributed by atoms with E-state index in [1.54, 1.807) is 0 Å². The molecule has 1 amide bonds. The SMILES string of the molecule is Cc1cn2c(n1)C(COC1CCNCC1)C(NC(=O)[C@@H]1CCCO1)CC2. The van der Waals surface area contributed by atoms with Crippen molar-refractivity contribution in [3.63, 3.8) is 0 Å². The van der Waals surface area contributed by atoms with Gasteiger partial charge in [-0.25, -0.2) is 4.98 Å². The molecule has 2 N–H and O–H groups in total. The molecule has 1 aromatic rings. The fourth-order valence-corrected chi connectivity index (χ4v) is 4.33. The lowest BCUT2D eigenvalue weighted by Crippen LogP contribution is -2.48. The normalized spacial score (nSPS) is 29.5. The van der Waals surface area contributed by atoms with Gasteiger partial charge in [-0.05, 0) is 52.1 Å². The van der Waals surface area contributed by atoms with Crippen LogP contribution in [0.2, 0.25) is 0 Å². The number of nitrogens with one attached hydrogen (secondary N) is 2. The molecule has 3 aliphatic heterocycles. The van der Waals surface area contributed by atoms with E-state index in [9.17, 15) is 4.79 Å². The maximum Gasteiger partial charge on any atom is 0.249 e. The number of hydrogen-bond donors (Lipinski definition) is 2. The third kappa shape index (κ3) is 3.94. The Balaban J connectivity index is 1.45. The van der Waals surface area contributed by atoms with Crippen LogP contribution in [0.3, 0.4) is 0 Å². The molecule has 0 bridgehead atoms. The summed E-state index contributed by atoms with van der Waals surface area (Å²) < 4.78 is 14.0. The van der Waals surface area contributed by atoms with E-state index in [4.69, 9.17) is 14.5 Å². The average molecular weight is 362 g/mol. The monoisotopic (exact) mass is 362 g/mol.